The molecular formula is C15H28N6O5S2. The van der Waals surface area contributed by atoms with Gasteiger partial charge >= 0.3 is 0 Å². The molecule has 0 aliphatic carbocycles. The van der Waals surface area contributed by atoms with Crippen molar-refractivity contribution in [3.05, 3.63) is 18.0 Å². The number of guanidine groups is 1. The van der Waals surface area contributed by atoms with Crippen LogP contribution in [0.5, 0.6) is 0 Å². The van der Waals surface area contributed by atoms with E-state index in [2.05, 4.69) is 20.2 Å². The summed E-state index contributed by atoms with van der Waals surface area (Å²) in [5.74, 6) is 0.489. The highest BCUT2D eigenvalue weighted by Crippen LogP contribution is 2.12. The lowest BCUT2D eigenvalue weighted by Gasteiger charge is -2.35. The van der Waals surface area contributed by atoms with Crippen molar-refractivity contribution in [3.63, 3.8) is 0 Å². The number of sulfonamides is 2. The average molecular weight is 437 g/mol. The zero-order valence-electron chi connectivity index (χ0n) is 16.2. The van der Waals surface area contributed by atoms with Crippen LogP contribution in [0.4, 0.5) is 0 Å². The van der Waals surface area contributed by atoms with Crippen LogP contribution in [0.2, 0.25) is 0 Å². The number of piperazine rings is 1. The lowest BCUT2D eigenvalue weighted by atomic mass is 10.4. The van der Waals surface area contributed by atoms with Crippen molar-refractivity contribution in [1.29, 1.82) is 0 Å². The van der Waals surface area contributed by atoms with Crippen LogP contribution in [-0.2, 0) is 25.8 Å². The van der Waals surface area contributed by atoms with Crippen LogP contribution >= 0.6 is 0 Å². The van der Waals surface area contributed by atoms with Gasteiger partial charge in [-0.1, -0.05) is 5.16 Å². The van der Waals surface area contributed by atoms with Gasteiger partial charge in [0.25, 0.3) is 0 Å². The average Bonchev–Trinajstić information content (AvgIpc) is 3.16. The molecule has 2 N–H and O–H groups in total. The summed E-state index contributed by atoms with van der Waals surface area (Å²) in [6.07, 6.45) is 1.35. The van der Waals surface area contributed by atoms with Gasteiger partial charge < -0.3 is 14.7 Å². The number of aliphatic imine (C=N–C) groups is 1. The maximum absolute atomic E-state index is 12.5. The maximum atomic E-state index is 12.5. The van der Waals surface area contributed by atoms with Crippen LogP contribution in [0.3, 0.4) is 0 Å². The van der Waals surface area contributed by atoms with Crippen LogP contribution in [-0.4, -0.2) is 88.7 Å². The molecule has 1 aliphatic rings. The van der Waals surface area contributed by atoms with Gasteiger partial charge in [-0.05, 0) is 13.8 Å². The van der Waals surface area contributed by atoms with Crippen LogP contribution < -0.4 is 10.0 Å². The van der Waals surface area contributed by atoms with E-state index in [1.54, 1.807) is 6.92 Å². The Bertz CT molecular complexity index is 830. The molecule has 0 bridgehead atoms. The van der Waals surface area contributed by atoms with E-state index in [1.165, 1.54) is 16.6 Å². The molecular weight excluding hydrogens is 408 g/mol. The normalized spacial score (nSPS) is 17.1. The molecule has 28 heavy (non-hydrogen) atoms. The molecule has 2 heterocycles. The van der Waals surface area contributed by atoms with Gasteiger partial charge in [0, 0.05) is 45.3 Å². The lowest BCUT2D eigenvalue weighted by Crippen LogP contribution is -2.54. The van der Waals surface area contributed by atoms with E-state index in [1.807, 2.05) is 11.8 Å². The summed E-state index contributed by atoms with van der Waals surface area (Å²) in [6.45, 7) is 6.35. The van der Waals surface area contributed by atoms with Gasteiger partial charge in [-0.3, -0.25) is 4.99 Å². The van der Waals surface area contributed by atoms with Crippen LogP contribution in [0, 0.1) is 0 Å². The Hall–Kier alpha value is -1.70. The van der Waals surface area contributed by atoms with Gasteiger partial charge in [-0.25, -0.2) is 21.6 Å². The Morgan fingerprint density at radius 1 is 1.21 bits per heavy atom. The van der Waals surface area contributed by atoms with Crippen molar-refractivity contribution in [2.45, 2.75) is 19.6 Å². The highest BCUT2D eigenvalue weighted by molar-refractivity contribution is 7.89. The molecule has 0 unspecified atom stereocenters. The maximum Gasteiger partial charge on any atom is 0.220 e. The van der Waals surface area contributed by atoms with Crippen LogP contribution in [0.25, 0.3) is 0 Å². The molecule has 2 rings (SSSR count). The van der Waals surface area contributed by atoms with Crippen LogP contribution in [0.15, 0.2) is 21.8 Å². The predicted octanol–water partition coefficient (Wildman–Crippen LogP) is -0.973. The van der Waals surface area contributed by atoms with E-state index < -0.39 is 20.0 Å². The number of rotatable bonds is 9. The molecule has 1 aromatic heterocycles. The summed E-state index contributed by atoms with van der Waals surface area (Å²) in [4.78, 5) is 6.41. The second-order valence-corrected chi connectivity index (χ2v) is 10.2. The molecule has 1 aromatic rings. The van der Waals surface area contributed by atoms with Crippen LogP contribution in [0.1, 0.15) is 19.5 Å². The standard InChI is InChI=1S/C15H28N6O5S2/c1-3-16-15(17-6-7-18-27(22,23)4-2)20-8-10-21(11-9-20)28(24,25)13-14-5-12-26-19-14/h5,12,18H,3-4,6-11,13H2,1-2H3,(H,16,17). The largest absolute Gasteiger partial charge is 0.364 e. The fourth-order valence-electron chi connectivity index (χ4n) is 2.66. The molecule has 160 valence electrons. The second-order valence-electron chi connectivity index (χ2n) is 6.17. The minimum absolute atomic E-state index is 0.0293. The van der Waals surface area contributed by atoms with E-state index in [0.717, 1.165) is 0 Å². The summed E-state index contributed by atoms with van der Waals surface area (Å²) >= 11 is 0. The highest BCUT2D eigenvalue weighted by Gasteiger charge is 2.28. The summed E-state index contributed by atoms with van der Waals surface area (Å²) in [5.41, 5.74) is 0.381. The smallest absolute Gasteiger partial charge is 0.220 e. The topological polar surface area (TPSA) is 137 Å². The fraction of sp³-hybridized carbons (Fsp3) is 0.733. The van der Waals surface area contributed by atoms with E-state index >= 15 is 0 Å². The van der Waals surface area contributed by atoms with Crippen molar-refractivity contribution < 1.29 is 21.4 Å². The van der Waals surface area contributed by atoms with Gasteiger partial charge in [0.1, 0.15) is 12.0 Å². The summed E-state index contributed by atoms with van der Waals surface area (Å²) in [6, 6.07) is 1.54. The summed E-state index contributed by atoms with van der Waals surface area (Å²) in [7, 11) is -6.70. The summed E-state index contributed by atoms with van der Waals surface area (Å²) < 4.78 is 56.5. The zero-order valence-corrected chi connectivity index (χ0v) is 17.8. The third kappa shape index (κ3) is 6.72. The zero-order chi connectivity index (χ0) is 20.6. The van der Waals surface area contributed by atoms with Gasteiger partial charge in [0.2, 0.25) is 20.0 Å². The monoisotopic (exact) mass is 436 g/mol. The number of nitrogens with one attached hydrogen (secondary N) is 2. The quantitative estimate of drug-likeness (QED) is 0.286. The third-order valence-electron chi connectivity index (χ3n) is 4.16. The molecule has 0 aromatic carbocycles. The predicted molar refractivity (Wildman–Crippen MR) is 106 cm³/mol. The molecule has 1 saturated heterocycles. The second kappa shape index (κ2) is 10.2. The number of hydrogen-bond donors (Lipinski definition) is 2. The van der Waals surface area contributed by atoms with Gasteiger partial charge in [-0.15, -0.1) is 0 Å². The van der Waals surface area contributed by atoms with E-state index in [-0.39, 0.29) is 18.1 Å². The Balaban J connectivity index is 1.90. The number of nitrogens with zero attached hydrogens (tertiary/aromatic N) is 4. The molecule has 0 atom stereocenters. The first-order chi connectivity index (χ1) is 13.3. The molecule has 1 aliphatic heterocycles. The van der Waals surface area contributed by atoms with Crippen molar-refractivity contribution in [3.8, 4) is 0 Å². The van der Waals surface area contributed by atoms with E-state index in [9.17, 15) is 16.8 Å². The molecule has 13 heteroatoms. The van der Waals surface area contributed by atoms with Gasteiger partial charge in [0.15, 0.2) is 5.96 Å². The van der Waals surface area contributed by atoms with Crippen molar-refractivity contribution >= 4 is 26.0 Å². The van der Waals surface area contributed by atoms with Crippen molar-refractivity contribution in [2.75, 3.05) is 51.6 Å². The summed E-state index contributed by atoms with van der Waals surface area (Å²) in [5, 5.41) is 6.82. The number of aromatic nitrogens is 1. The van der Waals surface area contributed by atoms with Crippen molar-refractivity contribution in [2.24, 2.45) is 4.99 Å². The molecule has 0 saturated carbocycles. The van der Waals surface area contributed by atoms with Crippen molar-refractivity contribution in [1.82, 2.24) is 24.4 Å². The number of hydrogen-bond acceptors (Lipinski definition) is 7. The third-order valence-corrected chi connectivity index (χ3v) is 7.38. The fourth-order valence-corrected chi connectivity index (χ4v) is 4.69. The first-order valence-corrected chi connectivity index (χ1v) is 12.4. The molecule has 11 nitrogen and oxygen atoms in total. The molecule has 0 spiro atoms. The Morgan fingerprint density at radius 3 is 2.50 bits per heavy atom. The Morgan fingerprint density at radius 2 is 1.93 bits per heavy atom. The van der Waals surface area contributed by atoms with E-state index in [0.29, 0.717) is 50.9 Å². The Kier molecular flexibility index (Phi) is 8.22. The van der Waals surface area contributed by atoms with Gasteiger partial charge in [0.05, 0.1) is 18.0 Å². The highest BCUT2D eigenvalue weighted by atomic mass is 32.2. The minimum Gasteiger partial charge on any atom is -0.364 e. The van der Waals surface area contributed by atoms with Gasteiger partial charge in [-0.2, -0.15) is 4.31 Å². The molecule has 0 radical (unpaired) electrons. The first-order valence-electron chi connectivity index (χ1n) is 9.15. The lowest BCUT2D eigenvalue weighted by molar-refractivity contribution is 0.260. The SMILES string of the molecule is CCNC(=NCCNS(=O)(=O)CC)N1CCN(S(=O)(=O)Cc2ccon2)CC1. The minimum atomic E-state index is -3.46. The molecule has 1 fully saturated rings. The van der Waals surface area contributed by atoms with E-state index in [4.69, 9.17) is 4.52 Å². The first kappa shape index (κ1) is 22.6. The Labute approximate surface area is 166 Å². The molecule has 0 amide bonds.